The van der Waals surface area contributed by atoms with Crippen LogP contribution in [-0.4, -0.2) is 4.57 Å². The van der Waals surface area contributed by atoms with Gasteiger partial charge in [-0.15, -0.1) is 0 Å². The van der Waals surface area contributed by atoms with Crippen LogP contribution in [0.1, 0.15) is 24.1 Å². The summed E-state index contributed by atoms with van der Waals surface area (Å²) in [7, 11) is 0. The highest BCUT2D eigenvalue weighted by Gasteiger charge is 2.20. The van der Waals surface area contributed by atoms with Crippen molar-refractivity contribution in [3.8, 4) is 5.69 Å². The first kappa shape index (κ1) is 8.72. The van der Waals surface area contributed by atoms with Crippen LogP contribution in [0.2, 0.25) is 0 Å². The third-order valence-electron chi connectivity index (χ3n) is 3.11. The molecule has 3 rings (SSSR count). The molecule has 0 spiro atoms. The van der Waals surface area contributed by atoms with E-state index in [2.05, 4.69) is 17.6 Å². The van der Waals surface area contributed by atoms with Crippen LogP contribution in [0.4, 0.5) is 4.39 Å². The monoisotopic (exact) mass is 201 g/mol. The van der Waals surface area contributed by atoms with E-state index in [1.165, 1.54) is 11.8 Å². The Hall–Kier alpha value is -1.57. The first-order valence-corrected chi connectivity index (χ1v) is 5.22. The molecule has 0 saturated heterocycles. The zero-order valence-corrected chi connectivity index (χ0v) is 8.57. The summed E-state index contributed by atoms with van der Waals surface area (Å²) in [6, 6.07) is 9.22. The second-order valence-electron chi connectivity index (χ2n) is 4.18. The van der Waals surface area contributed by atoms with Crippen molar-refractivity contribution >= 4 is 0 Å². The molecule has 2 aromatic rings. The summed E-state index contributed by atoms with van der Waals surface area (Å²) < 4.78 is 15.3. The fraction of sp³-hybridized carbons (Fsp3) is 0.231. The number of aromatic nitrogens is 1. The van der Waals surface area contributed by atoms with Crippen molar-refractivity contribution in [1.29, 1.82) is 0 Å². The van der Waals surface area contributed by atoms with E-state index in [1.54, 1.807) is 6.07 Å². The number of fused-ring (bicyclic) bond motifs is 3. The van der Waals surface area contributed by atoms with Crippen LogP contribution >= 0.6 is 0 Å². The summed E-state index contributed by atoms with van der Waals surface area (Å²) in [6.45, 7) is 2.18. The van der Waals surface area contributed by atoms with Crippen LogP contribution in [0.15, 0.2) is 36.5 Å². The van der Waals surface area contributed by atoms with Crippen molar-refractivity contribution in [3.63, 3.8) is 0 Å². The first-order valence-electron chi connectivity index (χ1n) is 5.22. The largest absolute Gasteiger partial charge is 0.320 e. The maximum absolute atomic E-state index is 13.1. The SMILES string of the molecule is CC1Cc2cc(F)ccc2-n2cccc21. The van der Waals surface area contributed by atoms with E-state index in [9.17, 15) is 4.39 Å². The van der Waals surface area contributed by atoms with Gasteiger partial charge in [0.05, 0.1) is 0 Å². The lowest BCUT2D eigenvalue weighted by Gasteiger charge is -2.24. The molecule has 0 radical (unpaired) electrons. The number of benzene rings is 1. The Balaban J connectivity index is 2.27. The Kier molecular flexibility index (Phi) is 1.72. The van der Waals surface area contributed by atoms with Gasteiger partial charge >= 0.3 is 0 Å². The summed E-state index contributed by atoms with van der Waals surface area (Å²) in [6.07, 6.45) is 2.97. The van der Waals surface area contributed by atoms with Gasteiger partial charge in [-0.25, -0.2) is 4.39 Å². The molecule has 0 bridgehead atoms. The highest BCUT2D eigenvalue weighted by molar-refractivity contribution is 5.47. The highest BCUT2D eigenvalue weighted by Crippen LogP contribution is 2.32. The van der Waals surface area contributed by atoms with Gasteiger partial charge in [-0.2, -0.15) is 0 Å². The molecule has 1 aliphatic rings. The van der Waals surface area contributed by atoms with Crippen LogP contribution in [0.25, 0.3) is 5.69 Å². The molecule has 15 heavy (non-hydrogen) atoms. The first-order chi connectivity index (χ1) is 7.25. The zero-order valence-electron chi connectivity index (χ0n) is 8.57. The molecule has 1 aromatic heterocycles. The average Bonchev–Trinajstić information content (AvgIpc) is 2.66. The van der Waals surface area contributed by atoms with E-state index >= 15 is 0 Å². The third kappa shape index (κ3) is 1.21. The maximum Gasteiger partial charge on any atom is 0.123 e. The number of hydrogen-bond donors (Lipinski definition) is 0. The molecular weight excluding hydrogens is 189 g/mol. The Morgan fingerprint density at radius 3 is 3.07 bits per heavy atom. The molecule has 0 amide bonds. The van der Waals surface area contributed by atoms with Gasteiger partial charge in [0.1, 0.15) is 5.82 Å². The molecule has 2 heterocycles. The van der Waals surface area contributed by atoms with E-state index in [0.717, 1.165) is 17.7 Å². The van der Waals surface area contributed by atoms with Crippen molar-refractivity contribution < 1.29 is 4.39 Å². The van der Waals surface area contributed by atoms with Gasteiger partial charge in [0.25, 0.3) is 0 Å². The Morgan fingerprint density at radius 1 is 1.33 bits per heavy atom. The van der Waals surface area contributed by atoms with Gasteiger partial charge in [-0.05, 0) is 42.3 Å². The van der Waals surface area contributed by atoms with Crippen molar-refractivity contribution in [1.82, 2.24) is 4.57 Å². The van der Waals surface area contributed by atoms with Crippen molar-refractivity contribution in [2.75, 3.05) is 0 Å². The molecule has 0 N–H and O–H groups in total. The van der Waals surface area contributed by atoms with Crippen molar-refractivity contribution in [2.24, 2.45) is 0 Å². The van der Waals surface area contributed by atoms with E-state index in [1.807, 2.05) is 18.3 Å². The van der Waals surface area contributed by atoms with Crippen molar-refractivity contribution in [2.45, 2.75) is 19.3 Å². The molecule has 0 fully saturated rings. The molecule has 2 heteroatoms. The molecule has 0 saturated carbocycles. The van der Waals surface area contributed by atoms with E-state index in [4.69, 9.17) is 0 Å². The lowest BCUT2D eigenvalue weighted by molar-refractivity contribution is 0.614. The molecule has 1 nitrogen and oxygen atoms in total. The third-order valence-corrected chi connectivity index (χ3v) is 3.11. The van der Waals surface area contributed by atoms with E-state index in [0.29, 0.717) is 5.92 Å². The molecule has 1 aromatic carbocycles. The van der Waals surface area contributed by atoms with Gasteiger partial charge in [0, 0.05) is 23.5 Å². The molecule has 1 unspecified atom stereocenters. The fourth-order valence-corrected chi connectivity index (χ4v) is 2.40. The van der Waals surface area contributed by atoms with Gasteiger partial charge in [0.15, 0.2) is 0 Å². The average molecular weight is 201 g/mol. The lowest BCUT2D eigenvalue weighted by atomic mass is 9.93. The molecule has 1 aliphatic heterocycles. The van der Waals surface area contributed by atoms with Crippen LogP contribution in [0.3, 0.4) is 0 Å². The lowest BCUT2D eigenvalue weighted by Crippen LogP contribution is -2.14. The van der Waals surface area contributed by atoms with Gasteiger partial charge < -0.3 is 4.57 Å². The standard InChI is InChI=1S/C13H12FN/c1-9-7-10-8-11(14)4-5-13(10)15-6-2-3-12(9)15/h2-6,8-9H,7H2,1H3. The second-order valence-corrected chi connectivity index (χ2v) is 4.18. The smallest absolute Gasteiger partial charge is 0.123 e. The van der Waals surface area contributed by atoms with Crippen LogP contribution in [0.5, 0.6) is 0 Å². The number of rotatable bonds is 0. The normalized spacial score (nSPS) is 18.4. The summed E-state index contributed by atoms with van der Waals surface area (Å²) in [5, 5.41) is 0. The summed E-state index contributed by atoms with van der Waals surface area (Å²) in [5.41, 5.74) is 3.54. The minimum Gasteiger partial charge on any atom is -0.320 e. The van der Waals surface area contributed by atoms with Gasteiger partial charge in [-0.1, -0.05) is 6.92 Å². The fourth-order valence-electron chi connectivity index (χ4n) is 2.40. The minimum absolute atomic E-state index is 0.142. The van der Waals surface area contributed by atoms with Crippen LogP contribution in [0, 0.1) is 5.82 Å². The van der Waals surface area contributed by atoms with Crippen molar-refractivity contribution in [3.05, 3.63) is 53.6 Å². The Morgan fingerprint density at radius 2 is 2.20 bits per heavy atom. The Labute approximate surface area is 88.2 Å². The molecule has 0 aliphatic carbocycles. The summed E-state index contributed by atoms with van der Waals surface area (Å²) in [4.78, 5) is 0. The van der Waals surface area contributed by atoms with Crippen LogP contribution in [-0.2, 0) is 6.42 Å². The summed E-state index contributed by atoms with van der Waals surface area (Å²) >= 11 is 0. The van der Waals surface area contributed by atoms with Crippen LogP contribution < -0.4 is 0 Å². The number of halogens is 1. The minimum atomic E-state index is -0.142. The molecule has 76 valence electrons. The van der Waals surface area contributed by atoms with E-state index < -0.39 is 0 Å². The highest BCUT2D eigenvalue weighted by atomic mass is 19.1. The summed E-state index contributed by atoms with van der Waals surface area (Å²) in [5.74, 6) is 0.325. The predicted octanol–water partition coefficient (Wildman–Crippen LogP) is 3.28. The van der Waals surface area contributed by atoms with Gasteiger partial charge in [0.2, 0.25) is 0 Å². The molecule has 1 atom stereocenters. The maximum atomic E-state index is 13.1. The quantitative estimate of drug-likeness (QED) is 0.616. The Bertz CT molecular complexity index is 513. The second kappa shape index (κ2) is 2.96. The van der Waals surface area contributed by atoms with Gasteiger partial charge in [-0.3, -0.25) is 0 Å². The number of hydrogen-bond acceptors (Lipinski definition) is 0. The van der Waals surface area contributed by atoms with E-state index in [-0.39, 0.29) is 5.82 Å². The topological polar surface area (TPSA) is 4.93 Å². The molecular formula is C13H12FN. The predicted molar refractivity (Wildman–Crippen MR) is 57.8 cm³/mol. The number of nitrogens with zero attached hydrogens (tertiary/aromatic N) is 1. The zero-order chi connectivity index (χ0) is 10.4.